The van der Waals surface area contributed by atoms with E-state index in [4.69, 9.17) is 9.84 Å². The zero-order chi connectivity index (χ0) is 14.3. The van der Waals surface area contributed by atoms with Crippen molar-refractivity contribution in [1.82, 2.24) is 14.5 Å². The number of aromatic nitrogens is 3. The van der Waals surface area contributed by atoms with Gasteiger partial charge in [-0.15, -0.1) is 0 Å². The summed E-state index contributed by atoms with van der Waals surface area (Å²) >= 11 is 0. The van der Waals surface area contributed by atoms with E-state index in [0.717, 1.165) is 17.5 Å². The molecule has 1 unspecified atom stereocenters. The van der Waals surface area contributed by atoms with E-state index in [1.54, 1.807) is 10.8 Å². The molecule has 108 valence electrons. The van der Waals surface area contributed by atoms with Gasteiger partial charge in [0.15, 0.2) is 6.23 Å². The van der Waals surface area contributed by atoms with E-state index >= 15 is 0 Å². The van der Waals surface area contributed by atoms with Crippen LogP contribution in [0.1, 0.15) is 18.8 Å². The molecule has 7 nitrogen and oxygen atoms in total. The van der Waals surface area contributed by atoms with Crippen molar-refractivity contribution in [3.8, 4) is 0 Å². The van der Waals surface area contributed by atoms with Crippen LogP contribution in [0.3, 0.4) is 0 Å². The third-order valence-corrected chi connectivity index (χ3v) is 3.72. The van der Waals surface area contributed by atoms with Crippen molar-refractivity contribution in [2.75, 3.05) is 6.61 Å². The second-order valence-electron chi connectivity index (χ2n) is 4.86. The van der Waals surface area contributed by atoms with Crippen molar-refractivity contribution >= 4 is 11.0 Å². The second kappa shape index (κ2) is 5.10. The maximum absolute atomic E-state index is 10.1. The normalized spacial score (nSPS) is 30.2. The van der Waals surface area contributed by atoms with Crippen molar-refractivity contribution in [3.63, 3.8) is 0 Å². The van der Waals surface area contributed by atoms with Crippen LogP contribution in [-0.2, 0) is 11.2 Å². The summed E-state index contributed by atoms with van der Waals surface area (Å²) < 4.78 is 7.18. The van der Waals surface area contributed by atoms with Crippen LogP contribution in [0.4, 0.5) is 0 Å². The minimum atomic E-state index is -1.12. The molecule has 3 heterocycles. The van der Waals surface area contributed by atoms with E-state index < -0.39 is 24.5 Å². The lowest BCUT2D eigenvalue weighted by Crippen LogP contribution is -2.33. The monoisotopic (exact) mass is 279 g/mol. The fourth-order valence-electron chi connectivity index (χ4n) is 2.62. The number of aliphatic hydroxyl groups excluding tert-OH is 3. The van der Waals surface area contributed by atoms with E-state index in [1.807, 2.05) is 13.0 Å². The van der Waals surface area contributed by atoms with Gasteiger partial charge in [-0.05, 0) is 12.5 Å². The van der Waals surface area contributed by atoms with Gasteiger partial charge in [0.1, 0.15) is 30.3 Å². The lowest BCUT2D eigenvalue weighted by atomic mass is 10.1. The molecule has 0 bridgehead atoms. The molecular weight excluding hydrogens is 262 g/mol. The van der Waals surface area contributed by atoms with Crippen molar-refractivity contribution in [2.24, 2.45) is 0 Å². The van der Waals surface area contributed by atoms with Crippen LogP contribution in [0.15, 0.2) is 18.6 Å². The first-order valence-corrected chi connectivity index (χ1v) is 6.60. The summed E-state index contributed by atoms with van der Waals surface area (Å²) in [5.74, 6) is 0. The van der Waals surface area contributed by atoms with Crippen molar-refractivity contribution < 1.29 is 20.1 Å². The summed E-state index contributed by atoms with van der Waals surface area (Å²) in [6, 6.07) is 1.86. The molecule has 1 fully saturated rings. The number of fused-ring (bicyclic) bond motifs is 1. The molecule has 3 rings (SSSR count). The average Bonchev–Trinajstić information content (AvgIpc) is 3.01. The Kier molecular flexibility index (Phi) is 3.43. The summed E-state index contributed by atoms with van der Waals surface area (Å²) in [4.78, 5) is 8.43. The van der Waals surface area contributed by atoms with E-state index in [-0.39, 0.29) is 6.61 Å². The van der Waals surface area contributed by atoms with Gasteiger partial charge >= 0.3 is 0 Å². The smallest absolute Gasteiger partial charge is 0.164 e. The molecule has 0 aromatic carbocycles. The molecule has 0 saturated carbocycles. The molecule has 0 spiro atoms. The molecule has 1 aliphatic rings. The lowest BCUT2D eigenvalue weighted by molar-refractivity contribution is -0.0508. The Morgan fingerprint density at radius 2 is 2.10 bits per heavy atom. The molecular formula is C13H17N3O4. The van der Waals surface area contributed by atoms with Crippen LogP contribution < -0.4 is 0 Å². The predicted molar refractivity (Wildman–Crippen MR) is 69.9 cm³/mol. The number of hydrogen-bond donors (Lipinski definition) is 3. The molecule has 2 aromatic heterocycles. The highest BCUT2D eigenvalue weighted by Gasteiger charge is 2.43. The van der Waals surface area contributed by atoms with Gasteiger partial charge in [-0.1, -0.05) is 6.92 Å². The molecule has 4 atom stereocenters. The van der Waals surface area contributed by atoms with Crippen molar-refractivity contribution in [2.45, 2.75) is 37.9 Å². The summed E-state index contributed by atoms with van der Waals surface area (Å²) in [5, 5.41) is 29.9. The van der Waals surface area contributed by atoms with Gasteiger partial charge in [0.25, 0.3) is 0 Å². The van der Waals surface area contributed by atoms with Crippen LogP contribution in [0.25, 0.3) is 11.0 Å². The Bertz CT molecular complexity index is 615. The zero-order valence-electron chi connectivity index (χ0n) is 11.0. The van der Waals surface area contributed by atoms with Gasteiger partial charge < -0.3 is 24.6 Å². The zero-order valence-corrected chi connectivity index (χ0v) is 11.0. The maximum atomic E-state index is 10.1. The van der Waals surface area contributed by atoms with Crippen LogP contribution in [0.2, 0.25) is 0 Å². The molecule has 3 N–H and O–H groups in total. The number of hydrogen-bond acceptors (Lipinski definition) is 6. The fourth-order valence-corrected chi connectivity index (χ4v) is 2.62. The van der Waals surface area contributed by atoms with Gasteiger partial charge in [0.2, 0.25) is 0 Å². The third kappa shape index (κ3) is 1.90. The van der Waals surface area contributed by atoms with Crippen molar-refractivity contribution in [1.29, 1.82) is 0 Å². The molecule has 0 aliphatic carbocycles. The summed E-state index contributed by atoms with van der Waals surface area (Å²) in [7, 11) is 0. The first-order chi connectivity index (χ1) is 9.67. The number of aryl methyl sites for hydroxylation is 1. The van der Waals surface area contributed by atoms with E-state index in [1.165, 1.54) is 6.33 Å². The Morgan fingerprint density at radius 3 is 2.75 bits per heavy atom. The highest BCUT2D eigenvalue weighted by atomic mass is 16.6. The molecule has 0 amide bonds. The second-order valence-corrected chi connectivity index (χ2v) is 4.86. The van der Waals surface area contributed by atoms with Crippen LogP contribution in [0.5, 0.6) is 0 Å². The van der Waals surface area contributed by atoms with E-state index in [2.05, 4.69) is 9.97 Å². The Hall–Kier alpha value is -1.54. The van der Waals surface area contributed by atoms with Gasteiger partial charge in [-0.3, -0.25) is 0 Å². The Labute approximate surface area is 115 Å². The first kappa shape index (κ1) is 13.4. The van der Waals surface area contributed by atoms with E-state index in [9.17, 15) is 10.2 Å². The fraction of sp³-hybridized carbons (Fsp3) is 0.538. The minimum Gasteiger partial charge on any atom is -0.394 e. The molecule has 7 heteroatoms. The molecule has 1 aliphatic heterocycles. The van der Waals surface area contributed by atoms with Gasteiger partial charge in [0, 0.05) is 11.6 Å². The number of ether oxygens (including phenoxy) is 1. The van der Waals surface area contributed by atoms with Crippen LogP contribution in [0, 0.1) is 0 Å². The Morgan fingerprint density at radius 1 is 1.30 bits per heavy atom. The van der Waals surface area contributed by atoms with Crippen LogP contribution >= 0.6 is 0 Å². The minimum absolute atomic E-state index is 0.344. The molecule has 1 saturated heterocycles. The van der Waals surface area contributed by atoms with Crippen molar-refractivity contribution in [3.05, 3.63) is 24.3 Å². The largest absolute Gasteiger partial charge is 0.394 e. The lowest BCUT2D eigenvalue weighted by Gasteiger charge is -2.17. The third-order valence-electron chi connectivity index (χ3n) is 3.72. The van der Waals surface area contributed by atoms with Gasteiger partial charge in [0.05, 0.1) is 12.3 Å². The highest BCUT2D eigenvalue weighted by molar-refractivity contribution is 5.78. The molecule has 2 aromatic rings. The Balaban J connectivity index is 2.03. The van der Waals surface area contributed by atoms with Crippen LogP contribution in [-0.4, -0.2) is 54.8 Å². The summed E-state index contributed by atoms with van der Waals surface area (Å²) in [6.07, 6.45) is 0.216. The SMILES string of the molecule is CCc1ncnc2c1ccn2[C@@H]1OC(CO)[C@H](O)[C@@H]1O. The predicted octanol–water partition coefficient (Wildman–Crippen LogP) is -0.395. The topological polar surface area (TPSA) is 101 Å². The molecule has 0 radical (unpaired) electrons. The molecule has 20 heavy (non-hydrogen) atoms. The quantitative estimate of drug-likeness (QED) is 0.707. The summed E-state index contributed by atoms with van der Waals surface area (Å²) in [6.45, 7) is 1.66. The number of nitrogens with zero attached hydrogens (tertiary/aromatic N) is 3. The first-order valence-electron chi connectivity index (χ1n) is 6.60. The summed E-state index contributed by atoms with van der Waals surface area (Å²) in [5.41, 5.74) is 1.56. The highest BCUT2D eigenvalue weighted by Crippen LogP contribution is 2.32. The standard InChI is InChI=1S/C13H17N3O4/c1-2-8-7-3-4-16(12(7)15-6-14-8)13-11(19)10(18)9(5-17)20-13/h3-4,6,9-11,13,17-19H,2,5H2,1H3/t9?,10-,11-,13+/m0/s1. The number of rotatable bonds is 3. The van der Waals surface area contributed by atoms with Gasteiger partial charge in [-0.25, -0.2) is 9.97 Å². The van der Waals surface area contributed by atoms with E-state index in [0.29, 0.717) is 5.65 Å². The maximum Gasteiger partial charge on any atom is 0.164 e. The number of aliphatic hydroxyl groups is 3. The van der Waals surface area contributed by atoms with Gasteiger partial charge in [-0.2, -0.15) is 0 Å². The average molecular weight is 279 g/mol.